The molecule has 0 fully saturated rings. The second kappa shape index (κ2) is 5.09. The number of nitro benzene ring substituents is 1. The summed E-state index contributed by atoms with van der Waals surface area (Å²) in [6, 6.07) is 11.6. The molecule has 0 N–H and O–H groups in total. The molecule has 0 aliphatic carbocycles. The summed E-state index contributed by atoms with van der Waals surface area (Å²) in [4.78, 5) is 14.7. The second-order valence-electron chi connectivity index (χ2n) is 5.28. The van der Waals surface area contributed by atoms with Crippen molar-refractivity contribution in [2.45, 2.75) is 0 Å². The Bertz CT molecular complexity index is 1100. The maximum atomic E-state index is 13.6. The van der Waals surface area contributed by atoms with E-state index in [4.69, 9.17) is 0 Å². The van der Waals surface area contributed by atoms with E-state index in [0.29, 0.717) is 27.8 Å². The number of hydrogen-bond acceptors (Lipinski definition) is 3. The standard InChI is InChI=1S/C17H9F2N3O2/c18-12-8-14-16(9-13(12)19)21-7-1-2-15(21)17(20-14)10-3-5-11(6-4-10)22(23)24/h1-9H. The van der Waals surface area contributed by atoms with Gasteiger partial charge in [0.05, 0.1) is 27.2 Å². The van der Waals surface area contributed by atoms with E-state index in [9.17, 15) is 18.9 Å². The van der Waals surface area contributed by atoms with E-state index in [2.05, 4.69) is 4.98 Å². The van der Waals surface area contributed by atoms with E-state index >= 15 is 0 Å². The van der Waals surface area contributed by atoms with Gasteiger partial charge in [0.2, 0.25) is 0 Å². The molecule has 0 atom stereocenters. The van der Waals surface area contributed by atoms with Gasteiger partial charge in [-0.05, 0) is 24.3 Å². The van der Waals surface area contributed by atoms with Crippen molar-refractivity contribution >= 4 is 22.2 Å². The molecule has 0 amide bonds. The van der Waals surface area contributed by atoms with Crippen molar-refractivity contribution < 1.29 is 13.7 Å². The number of rotatable bonds is 2. The number of halogens is 2. The SMILES string of the molecule is O=[N+]([O-])c1ccc(-c2nc3cc(F)c(F)cc3n3cccc23)cc1. The van der Waals surface area contributed by atoms with Crippen LogP contribution in [0, 0.1) is 21.7 Å². The molecule has 0 radical (unpaired) electrons. The molecule has 2 aromatic carbocycles. The fraction of sp³-hybridized carbons (Fsp3) is 0. The highest BCUT2D eigenvalue weighted by atomic mass is 19.2. The van der Waals surface area contributed by atoms with Gasteiger partial charge in [0, 0.05) is 36.0 Å². The monoisotopic (exact) mass is 325 g/mol. The van der Waals surface area contributed by atoms with Crippen LogP contribution in [0.2, 0.25) is 0 Å². The van der Waals surface area contributed by atoms with Crippen LogP contribution in [0.1, 0.15) is 0 Å². The number of aromatic nitrogens is 2. The van der Waals surface area contributed by atoms with Crippen molar-refractivity contribution in [1.82, 2.24) is 9.38 Å². The van der Waals surface area contributed by atoms with Crippen molar-refractivity contribution in [3.05, 3.63) is 76.5 Å². The molecule has 7 heteroatoms. The van der Waals surface area contributed by atoms with Gasteiger partial charge in [-0.3, -0.25) is 10.1 Å². The lowest BCUT2D eigenvalue weighted by Gasteiger charge is -2.09. The molecule has 0 bridgehead atoms. The first-order chi connectivity index (χ1) is 11.5. The third kappa shape index (κ3) is 2.10. The van der Waals surface area contributed by atoms with E-state index < -0.39 is 16.6 Å². The number of fused-ring (bicyclic) bond motifs is 3. The fourth-order valence-electron chi connectivity index (χ4n) is 2.72. The first-order valence-corrected chi connectivity index (χ1v) is 7.05. The summed E-state index contributed by atoms with van der Waals surface area (Å²) in [6.45, 7) is 0. The van der Waals surface area contributed by atoms with E-state index in [1.807, 2.05) is 0 Å². The zero-order valence-electron chi connectivity index (χ0n) is 12.1. The Morgan fingerprint density at radius 1 is 1.00 bits per heavy atom. The van der Waals surface area contributed by atoms with Crippen LogP contribution in [0.3, 0.4) is 0 Å². The smallest absolute Gasteiger partial charge is 0.269 e. The van der Waals surface area contributed by atoms with Crippen LogP contribution in [-0.2, 0) is 0 Å². The molecular weight excluding hydrogens is 316 g/mol. The van der Waals surface area contributed by atoms with Crippen molar-refractivity contribution in [3.63, 3.8) is 0 Å². The number of hydrogen-bond donors (Lipinski definition) is 0. The Morgan fingerprint density at radius 2 is 1.71 bits per heavy atom. The Kier molecular flexibility index (Phi) is 3.02. The maximum absolute atomic E-state index is 13.6. The summed E-state index contributed by atoms with van der Waals surface area (Å²) in [7, 11) is 0. The van der Waals surface area contributed by atoms with Gasteiger partial charge in [-0.15, -0.1) is 0 Å². The average molecular weight is 325 g/mol. The van der Waals surface area contributed by atoms with Crippen molar-refractivity contribution in [2.24, 2.45) is 0 Å². The molecule has 0 saturated heterocycles. The van der Waals surface area contributed by atoms with Crippen molar-refractivity contribution in [1.29, 1.82) is 0 Å². The Labute approximate surface area is 133 Å². The fourth-order valence-corrected chi connectivity index (χ4v) is 2.72. The number of nitro groups is 1. The van der Waals surface area contributed by atoms with Crippen LogP contribution in [0.25, 0.3) is 27.8 Å². The zero-order valence-corrected chi connectivity index (χ0v) is 12.1. The third-order valence-corrected chi connectivity index (χ3v) is 3.85. The lowest BCUT2D eigenvalue weighted by molar-refractivity contribution is -0.384. The molecule has 0 spiro atoms. The number of non-ortho nitro benzene ring substituents is 1. The van der Waals surface area contributed by atoms with Gasteiger partial charge in [0.25, 0.3) is 5.69 Å². The highest BCUT2D eigenvalue weighted by Crippen LogP contribution is 2.29. The number of benzene rings is 2. The minimum absolute atomic E-state index is 0.0287. The first-order valence-electron chi connectivity index (χ1n) is 7.05. The normalized spacial score (nSPS) is 11.2. The van der Waals surface area contributed by atoms with Crippen LogP contribution >= 0.6 is 0 Å². The molecule has 5 nitrogen and oxygen atoms in total. The van der Waals surface area contributed by atoms with Crippen LogP contribution in [-0.4, -0.2) is 14.3 Å². The topological polar surface area (TPSA) is 60.4 Å². The molecule has 4 aromatic rings. The van der Waals surface area contributed by atoms with Gasteiger partial charge >= 0.3 is 0 Å². The highest BCUT2D eigenvalue weighted by molar-refractivity contribution is 5.87. The zero-order chi connectivity index (χ0) is 16.8. The van der Waals surface area contributed by atoms with Crippen LogP contribution in [0.4, 0.5) is 14.5 Å². The summed E-state index contributed by atoms with van der Waals surface area (Å²) in [5, 5.41) is 10.8. The van der Waals surface area contributed by atoms with Crippen LogP contribution in [0.15, 0.2) is 54.7 Å². The van der Waals surface area contributed by atoms with Gasteiger partial charge in [0.1, 0.15) is 0 Å². The van der Waals surface area contributed by atoms with Crippen molar-refractivity contribution in [3.8, 4) is 11.3 Å². The van der Waals surface area contributed by atoms with Gasteiger partial charge in [-0.25, -0.2) is 13.8 Å². The molecule has 118 valence electrons. The Morgan fingerprint density at radius 3 is 2.42 bits per heavy atom. The Hall–Kier alpha value is -3.35. The molecule has 2 heterocycles. The minimum atomic E-state index is -0.976. The molecule has 0 saturated carbocycles. The molecular formula is C17H9F2N3O2. The van der Waals surface area contributed by atoms with E-state index in [1.165, 1.54) is 12.1 Å². The lowest BCUT2D eigenvalue weighted by atomic mass is 10.1. The lowest BCUT2D eigenvalue weighted by Crippen LogP contribution is -1.97. The molecule has 2 aromatic heterocycles. The number of nitrogens with zero attached hydrogens (tertiary/aromatic N) is 3. The predicted octanol–water partition coefficient (Wildman–Crippen LogP) is 4.34. The Balaban J connectivity index is 2.01. The van der Waals surface area contributed by atoms with E-state index in [0.717, 1.165) is 12.1 Å². The molecule has 24 heavy (non-hydrogen) atoms. The summed E-state index contributed by atoms with van der Waals surface area (Å²) in [6.07, 6.45) is 1.73. The quantitative estimate of drug-likeness (QED) is 0.407. The maximum Gasteiger partial charge on any atom is 0.269 e. The van der Waals surface area contributed by atoms with Gasteiger partial charge in [-0.1, -0.05) is 0 Å². The van der Waals surface area contributed by atoms with Gasteiger partial charge in [-0.2, -0.15) is 0 Å². The molecule has 0 aliphatic rings. The largest absolute Gasteiger partial charge is 0.313 e. The van der Waals surface area contributed by atoms with Gasteiger partial charge < -0.3 is 4.40 Å². The summed E-state index contributed by atoms with van der Waals surface area (Å²) < 4.78 is 28.8. The van der Waals surface area contributed by atoms with E-state index in [1.54, 1.807) is 34.9 Å². The summed E-state index contributed by atoms with van der Waals surface area (Å²) in [5.41, 5.74) is 2.59. The van der Waals surface area contributed by atoms with Crippen LogP contribution < -0.4 is 0 Å². The van der Waals surface area contributed by atoms with Gasteiger partial charge in [0.15, 0.2) is 11.6 Å². The second-order valence-corrected chi connectivity index (χ2v) is 5.28. The van der Waals surface area contributed by atoms with Crippen molar-refractivity contribution in [2.75, 3.05) is 0 Å². The predicted molar refractivity (Wildman–Crippen MR) is 84.7 cm³/mol. The minimum Gasteiger partial charge on any atom is -0.313 e. The molecule has 0 unspecified atom stereocenters. The molecule has 0 aliphatic heterocycles. The summed E-state index contributed by atoms with van der Waals surface area (Å²) in [5.74, 6) is -1.92. The van der Waals surface area contributed by atoms with E-state index in [-0.39, 0.29) is 5.69 Å². The highest BCUT2D eigenvalue weighted by Gasteiger charge is 2.14. The van der Waals surface area contributed by atoms with Crippen LogP contribution in [0.5, 0.6) is 0 Å². The molecule has 4 rings (SSSR count). The average Bonchev–Trinajstić information content (AvgIpc) is 3.05. The summed E-state index contributed by atoms with van der Waals surface area (Å²) >= 11 is 0. The third-order valence-electron chi connectivity index (χ3n) is 3.85. The first kappa shape index (κ1) is 14.3.